The number of aliphatic hydroxyl groups excluding tert-OH is 1. The zero-order chi connectivity index (χ0) is 17.9. The molecule has 2 atom stereocenters. The number of alkyl halides is 3. The average Bonchev–Trinajstić information content (AvgIpc) is 2.45. The Morgan fingerprint density at radius 2 is 1.78 bits per heavy atom. The Morgan fingerprint density at radius 1 is 1.30 bits per heavy atom. The van der Waals surface area contributed by atoms with E-state index in [0.29, 0.717) is 0 Å². The summed E-state index contributed by atoms with van der Waals surface area (Å²) in [5.74, 6) is 0. The molecule has 0 radical (unpaired) electrons. The van der Waals surface area contributed by atoms with Gasteiger partial charge in [0.1, 0.15) is 12.1 Å². The number of aliphatic hydroxyl groups is 1. The molecule has 0 aliphatic carbocycles. The van der Waals surface area contributed by atoms with Crippen LogP contribution in [0.2, 0.25) is 0 Å². The molecule has 1 aliphatic rings. The van der Waals surface area contributed by atoms with Gasteiger partial charge in [-0.25, -0.2) is 8.42 Å². The van der Waals surface area contributed by atoms with Crippen LogP contribution < -0.4 is 0 Å². The number of benzene rings is 1. The Hall–Kier alpha value is -1.16. The second kappa shape index (κ2) is 6.76. The molecule has 1 aromatic carbocycles. The molecule has 1 fully saturated rings. The van der Waals surface area contributed by atoms with Crippen molar-refractivity contribution >= 4 is 10.1 Å². The largest absolute Gasteiger partial charge is 0.741 e. The minimum atomic E-state index is -6.09. The van der Waals surface area contributed by atoms with Crippen LogP contribution >= 0.6 is 0 Å². The first-order valence-electron chi connectivity index (χ1n) is 6.86. The van der Waals surface area contributed by atoms with Crippen molar-refractivity contribution in [1.29, 1.82) is 0 Å². The predicted molar refractivity (Wildman–Crippen MR) is 77.1 cm³/mol. The quantitative estimate of drug-likeness (QED) is 0.510. The molecule has 0 saturated carbocycles. The highest BCUT2D eigenvalue weighted by Gasteiger charge is 2.52. The third-order valence-electron chi connectivity index (χ3n) is 4.45. The van der Waals surface area contributed by atoms with E-state index >= 15 is 0 Å². The van der Waals surface area contributed by atoms with Crippen molar-refractivity contribution in [3.05, 3.63) is 35.9 Å². The number of halogens is 3. The van der Waals surface area contributed by atoms with Crippen LogP contribution in [0.15, 0.2) is 30.3 Å². The van der Waals surface area contributed by atoms with Gasteiger partial charge in [0.05, 0.1) is 26.6 Å². The number of likely N-dealkylation sites (N-methyl/N-ethyl adjacent to an activating group) is 1. The van der Waals surface area contributed by atoms with Gasteiger partial charge >= 0.3 is 5.51 Å². The van der Waals surface area contributed by atoms with Gasteiger partial charge in [-0.05, 0) is 6.92 Å². The van der Waals surface area contributed by atoms with Gasteiger partial charge in [0.25, 0.3) is 0 Å². The van der Waals surface area contributed by atoms with Crippen molar-refractivity contribution in [3.8, 4) is 0 Å². The average molecular weight is 355 g/mol. The first-order chi connectivity index (χ1) is 10.3. The highest BCUT2D eigenvalue weighted by molar-refractivity contribution is 7.86. The molecule has 9 heteroatoms. The summed E-state index contributed by atoms with van der Waals surface area (Å²) in [6, 6.07) is 10.5. The van der Waals surface area contributed by atoms with Gasteiger partial charge in [-0.15, -0.1) is 0 Å². The monoisotopic (exact) mass is 355 g/mol. The Morgan fingerprint density at radius 3 is 2.09 bits per heavy atom. The van der Waals surface area contributed by atoms with Gasteiger partial charge in [0, 0.05) is 5.56 Å². The molecule has 2 unspecified atom stereocenters. The summed E-state index contributed by atoms with van der Waals surface area (Å²) in [5, 5.41) is 9.44. The topological polar surface area (TPSA) is 77.4 Å². The Labute approximate surface area is 133 Å². The molecule has 0 spiro atoms. The van der Waals surface area contributed by atoms with E-state index < -0.39 is 15.6 Å². The predicted octanol–water partition coefficient (Wildman–Crippen LogP) is 1.84. The maximum Gasteiger partial charge on any atom is 0.485 e. The van der Waals surface area contributed by atoms with Crippen molar-refractivity contribution < 1.29 is 35.7 Å². The SMILES string of the molecule is CC1(CO)CC[N+]1(C)Cc1ccccc1.O=S(=O)([O-])C(F)(F)F. The number of hydrogen-bond acceptors (Lipinski definition) is 4. The molecule has 0 bridgehead atoms. The second-order valence-corrected chi connectivity index (χ2v) is 7.44. The van der Waals surface area contributed by atoms with E-state index in [1.807, 2.05) is 6.07 Å². The second-order valence-electron chi connectivity index (χ2n) is 6.07. The normalized spacial score (nSPS) is 27.6. The van der Waals surface area contributed by atoms with E-state index in [2.05, 4.69) is 38.2 Å². The molecule has 1 aliphatic heterocycles. The fourth-order valence-corrected chi connectivity index (χ4v) is 2.38. The van der Waals surface area contributed by atoms with Crippen LogP contribution in [-0.4, -0.2) is 53.8 Å². The standard InChI is InChI=1S/C13H20NO.CHF3O3S/c1-13(11-15)8-9-14(13,2)10-12-6-4-3-5-7-12;2-1(3,4)8(5,6)7/h3-7,15H,8-11H2,1-2H3;(H,5,6,7)/q+1;/p-1. The van der Waals surface area contributed by atoms with Gasteiger partial charge in [-0.2, -0.15) is 13.2 Å². The van der Waals surface area contributed by atoms with Gasteiger partial charge in [-0.1, -0.05) is 30.3 Å². The van der Waals surface area contributed by atoms with E-state index in [1.165, 1.54) is 12.1 Å². The summed E-state index contributed by atoms with van der Waals surface area (Å²) in [6.45, 7) is 4.67. The van der Waals surface area contributed by atoms with Crippen molar-refractivity contribution in [3.63, 3.8) is 0 Å². The van der Waals surface area contributed by atoms with Gasteiger partial charge < -0.3 is 14.1 Å². The highest BCUT2D eigenvalue weighted by Crippen LogP contribution is 2.38. The van der Waals surface area contributed by atoms with Gasteiger partial charge in [0.2, 0.25) is 0 Å². The number of rotatable bonds is 3. The van der Waals surface area contributed by atoms with E-state index in [1.54, 1.807) is 0 Å². The Bertz CT molecular complexity index is 617. The lowest BCUT2D eigenvalue weighted by Gasteiger charge is -2.57. The zero-order valence-corrected chi connectivity index (χ0v) is 13.7. The van der Waals surface area contributed by atoms with Crippen LogP contribution in [0.5, 0.6) is 0 Å². The molecular weight excluding hydrogens is 335 g/mol. The Kier molecular flexibility index (Phi) is 5.84. The van der Waals surface area contributed by atoms with Crippen LogP contribution in [0.4, 0.5) is 13.2 Å². The van der Waals surface area contributed by atoms with Crippen molar-refractivity contribution in [2.45, 2.75) is 30.9 Å². The fourth-order valence-electron chi connectivity index (χ4n) is 2.38. The lowest BCUT2D eigenvalue weighted by molar-refractivity contribution is -1.01. The van der Waals surface area contributed by atoms with Crippen molar-refractivity contribution in [2.24, 2.45) is 0 Å². The number of hydrogen-bond donors (Lipinski definition) is 1. The number of nitrogens with zero attached hydrogens (tertiary/aromatic N) is 1. The van der Waals surface area contributed by atoms with Crippen LogP contribution in [0.1, 0.15) is 18.9 Å². The molecule has 2 rings (SSSR count). The highest BCUT2D eigenvalue weighted by atomic mass is 32.2. The van der Waals surface area contributed by atoms with Crippen molar-refractivity contribution in [1.82, 2.24) is 0 Å². The van der Waals surface area contributed by atoms with E-state index in [4.69, 9.17) is 13.0 Å². The lowest BCUT2D eigenvalue weighted by atomic mass is 9.83. The van der Waals surface area contributed by atoms with Crippen LogP contribution in [0, 0.1) is 0 Å². The molecule has 1 aromatic rings. The first-order valence-corrected chi connectivity index (χ1v) is 8.27. The molecule has 1 heterocycles. The summed E-state index contributed by atoms with van der Waals surface area (Å²) < 4.78 is 59.9. The van der Waals surface area contributed by atoms with Gasteiger partial charge in [0.15, 0.2) is 10.1 Å². The van der Waals surface area contributed by atoms with Crippen LogP contribution in [0.3, 0.4) is 0 Å². The maximum atomic E-state index is 10.7. The summed E-state index contributed by atoms with van der Waals surface area (Å²) in [7, 11) is -3.85. The minimum Gasteiger partial charge on any atom is -0.741 e. The fraction of sp³-hybridized carbons (Fsp3) is 0.571. The van der Waals surface area contributed by atoms with Crippen LogP contribution in [0.25, 0.3) is 0 Å². The zero-order valence-electron chi connectivity index (χ0n) is 12.9. The summed E-state index contributed by atoms with van der Waals surface area (Å²) in [4.78, 5) is 0. The molecule has 0 aromatic heterocycles. The summed E-state index contributed by atoms with van der Waals surface area (Å²) >= 11 is 0. The number of quaternary nitrogens is 1. The van der Waals surface area contributed by atoms with Crippen molar-refractivity contribution in [2.75, 3.05) is 20.2 Å². The first kappa shape index (κ1) is 19.9. The third kappa shape index (κ3) is 4.66. The third-order valence-corrected chi connectivity index (χ3v) is 5.01. The molecule has 132 valence electrons. The lowest BCUT2D eigenvalue weighted by Crippen LogP contribution is -2.71. The van der Waals surface area contributed by atoms with Crippen LogP contribution in [-0.2, 0) is 16.7 Å². The molecular formula is C14H20F3NO4S. The van der Waals surface area contributed by atoms with E-state index in [0.717, 1.165) is 17.4 Å². The Balaban J connectivity index is 0.000000284. The molecule has 23 heavy (non-hydrogen) atoms. The smallest absolute Gasteiger partial charge is 0.485 e. The molecule has 5 nitrogen and oxygen atoms in total. The maximum absolute atomic E-state index is 10.7. The molecule has 0 amide bonds. The molecule has 1 N–H and O–H groups in total. The van der Waals surface area contributed by atoms with Gasteiger partial charge in [-0.3, -0.25) is 0 Å². The van der Waals surface area contributed by atoms with E-state index in [9.17, 15) is 18.3 Å². The molecule has 1 saturated heterocycles. The van der Waals surface area contributed by atoms with E-state index in [-0.39, 0.29) is 12.1 Å². The minimum absolute atomic E-state index is 0.0653. The summed E-state index contributed by atoms with van der Waals surface area (Å²) in [5.41, 5.74) is -4.22. The number of likely N-dealkylation sites (tertiary alicyclic amines) is 1. The summed E-state index contributed by atoms with van der Waals surface area (Å²) in [6.07, 6.45) is 1.13.